The van der Waals surface area contributed by atoms with E-state index >= 15 is 0 Å². The zero-order valence-corrected chi connectivity index (χ0v) is 15.3. The molecule has 25 heavy (non-hydrogen) atoms. The summed E-state index contributed by atoms with van der Waals surface area (Å²) in [7, 11) is 4.88. The molecule has 1 atom stereocenters. The molecule has 8 nitrogen and oxygen atoms in total. The van der Waals surface area contributed by atoms with Gasteiger partial charge in [0.15, 0.2) is 6.54 Å². The highest BCUT2D eigenvalue weighted by Crippen LogP contribution is 2.26. The van der Waals surface area contributed by atoms with Crippen LogP contribution in [0.4, 0.5) is 4.79 Å². The van der Waals surface area contributed by atoms with Gasteiger partial charge in [-0.3, -0.25) is 19.4 Å². The molecule has 1 unspecified atom stereocenters. The topological polar surface area (TPSA) is 76.3 Å². The van der Waals surface area contributed by atoms with Gasteiger partial charge in [-0.25, -0.2) is 9.37 Å². The zero-order chi connectivity index (χ0) is 18.3. The number of likely N-dealkylation sites (N-methyl/N-ethyl adjacent to an activating group) is 3. The summed E-state index contributed by atoms with van der Waals surface area (Å²) in [6.07, 6.45) is 5.83. The van der Waals surface area contributed by atoms with Crippen molar-refractivity contribution >= 4 is 30.0 Å². The van der Waals surface area contributed by atoms with Crippen molar-refractivity contribution < 1.29 is 19.0 Å². The molecule has 3 rings (SSSR count). The van der Waals surface area contributed by atoms with Crippen LogP contribution >= 0.6 is 0 Å². The summed E-state index contributed by atoms with van der Waals surface area (Å²) in [5, 5.41) is 0. The average molecular weight is 348 g/mol. The Morgan fingerprint density at radius 3 is 2.52 bits per heavy atom. The Kier molecular flexibility index (Phi) is 4.62. The molecular weight excluding hydrogens is 322 g/mol. The number of urea groups is 1. The summed E-state index contributed by atoms with van der Waals surface area (Å²) in [6.45, 7) is 2.33. The molecule has 1 saturated heterocycles. The molecule has 0 radical (unpaired) electrons. The van der Waals surface area contributed by atoms with Crippen molar-refractivity contribution in [3.05, 3.63) is 0 Å². The molecule has 0 aromatic heterocycles. The fourth-order valence-corrected chi connectivity index (χ4v) is 3.78. The van der Waals surface area contributed by atoms with E-state index in [4.69, 9.17) is 0 Å². The Morgan fingerprint density at radius 1 is 1.24 bits per heavy atom. The predicted molar refractivity (Wildman–Crippen MR) is 92.5 cm³/mol. The van der Waals surface area contributed by atoms with Crippen molar-refractivity contribution in [2.45, 2.75) is 44.7 Å². The molecule has 2 heterocycles. The van der Waals surface area contributed by atoms with E-state index < -0.39 is 12.1 Å². The van der Waals surface area contributed by atoms with Crippen LogP contribution in [-0.2, 0) is 9.59 Å². The first kappa shape index (κ1) is 17.6. The number of carbonyl (C=O) groups excluding carboxylic acids is 3. The number of carbonyl (C=O) groups is 3. The lowest BCUT2D eigenvalue weighted by Gasteiger charge is -2.34. The van der Waals surface area contributed by atoms with Crippen LogP contribution in [0, 0.1) is 5.92 Å². The quantitative estimate of drug-likeness (QED) is 0.692. The smallest absolute Gasteiger partial charge is 0.333 e. The van der Waals surface area contributed by atoms with Crippen molar-refractivity contribution in [3.63, 3.8) is 0 Å². The van der Waals surface area contributed by atoms with Crippen LogP contribution in [0.15, 0.2) is 4.99 Å². The van der Waals surface area contributed by atoms with Gasteiger partial charge in [0, 0.05) is 27.2 Å². The molecule has 0 spiro atoms. The molecule has 2 fully saturated rings. The number of rotatable bonds is 3. The Morgan fingerprint density at radius 2 is 1.88 bits per heavy atom. The van der Waals surface area contributed by atoms with Crippen molar-refractivity contribution in [1.29, 1.82) is 0 Å². The number of imide groups is 1. The molecule has 0 bridgehead atoms. The Balaban J connectivity index is 1.67. The molecule has 2 aliphatic heterocycles. The van der Waals surface area contributed by atoms with Gasteiger partial charge in [0.05, 0.1) is 0 Å². The fraction of sp³-hybridized carbons (Fsp3) is 0.706. The Labute approximate surface area is 147 Å². The standard InChI is InChI=1S/C17H26N5O3/c1-11-5-7-12(8-6-11)19(2)13(23)9-22-10-18-15-14(22)16(24)21(4)17(25)20(15)3/h10-12,14H,5-9H2,1-4H3/q+1. The first-order valence-electron chi connectivity index (χ1n) is 8.79. The summed E-state index contributed by atoms with van der Waals surface area (Å²) in [6, 6.07) is -0.841. The first-order valence-corrected chi connectivity index (χ1v) is 8.79. The van der Waals surface area contributed by atoms with Gasteiger partial charge in [0.25, 0.3) is 30.0 Å². The van der Waals surface area contributed by atoms with Crippen molar-refractivity contribution in [3.8, 4) is 0 Å². The van der Waals surface area contributed by atoms with E-state index in [1.807, 2.05) is 11.9 Å². The number of amidine groups is 1. The summed E-state index contributed by atoms with van der Waals surface area (Å²) in [5.41, 5.74) is 0. The number of hydrogen-bond acceptors (Lipinski definition) is 4. The van der Waals surface area contributed by atoms with E-state index in [0.29, 0.717) is 5.84 Å². The third-order valence-corrected chi connectivity index (χ3v) is 5.64. The van der Waals surface area contributed by atoms with E-state index in [1.54, 1.807) is 11.6 Å². The predicted octanol–water partition coefficient (Wildman–Crippen LogP) is 0.369. The summed E-state index contributed by atoms with van der Waals surface area (Å²) >= 11 is 0. The molecule has 0 N–H and O–H groups in total. The number of nitrogens with zero attached hydrogens (tertiary/aromatic N) is 5. The molecule has 4 amide bonds. The molecule has 0 aromatic carbocycles. The third-order valence-electron chi connectivity index (χ3n) is 5.64. The van der Waals surface area contributed by atoms with Gasteiger partial charge in [0.1, 0.15) is 0 Å². The van der Waals surface area contributed by atoms with Gasteiger partial charge in [-0.1, -0.05) is 6.92 Å². The third kappa shape index (κ3) is 3.05. The lowest BCUT2D eigenvalue weighted by molar-refractivity contribution is -0.520. The fourth-order valence-electron chi connectivity index (χ4n) is 3.78. The molecule has 0 aromatic rings. The second-order valence-electron chi connectivity index (χ2n) is 7.33. The second kappa shape index (κ2) is 6.57. The summed E-state index contributed by atoms with van der Waals surface area (Å²) < 4.78 is 1.63. The summed E-state index contributed by atoms with van der Waals surface area (Å²) in [4.78, 5) is 45.6. The van der Waals surface area contributed by atoms with Crippen LogP contribution in [0.2, 0.25) is 0 Å². The highest BCUT2D eigenvalue weighted by Gasteiger charge is 2.51. The van der Waals surface area contributed by atoms with Crippen LogP contribution in [0.25, 0.3) is 0 Å². The number of aliphatic imine (C=N–C) groups is 1. The van der Waals surface area contributed by atoms with Gasteiger partial charge in [-0.05, 0) is 36.6 Å². The van der Waals surface area contributed by atoms with Gasteiger partial charge in [-0.15, -0.1) is 0 Å². The maximum Gasteiger partial charge on any atom is 0.333 e. The molecule has 136 valence electrons. The molecular formula is C17H26N5O3+. The van der Waals surface area contributed by atoms with Crippen LogP contribution in [-0.4, -0.2) is 89.1 Å². The van der Waals surface area contributed by atoms with Gasteiger partial charge < -0.3 is 4.90 Å². The number of amides is 4. The van der Waals surface area contributed by atoms with Crippen molar-refractivity contribution in [2.75, 3.05) is 27.7 Å². The highest BCUT2D eigenvalue weighted by molar-refractivity contribution is 6.21. The minimum absolute atomic E-state index is 0.0257. The average Bonchev–Trinajstić information content (AvgIpc) is 3.01. The largest absolute Gasteiger partial charge is 0.339 e. The van der Waals surface area contributed by atoms with E-state index in [1.165, 1.54) is 18.3 Å². The molecule has 3 aliphatic rings. The highest BCUT2D eigenvalue weighted by atomic mass is 16.2. The minimum Gasteiger partial charge on any atom is -0.339 e. The maximum atomic E-state index is 12.7. The van der Waals surface area contributed by atoms with Gasteiger partial charge >= 0.3 is 6.03 Å². The number of fused-ring (bicyclic) bond motifs is 1. The molecule has 1 saturated carbocycles. The van der Waals surface area contributed by atoms with Crippen LogP contribution in [0.3, 0.4) is 0 Å². The second-order valence-corrected chi connectivity index (χ2v) is 7.33. The molecule has 8 heteroatoms. The monoisotopic (exact) mass is 348 g/mol. The van der Waals surface area contributed by atoms with Gasteiger partial charge in [-0.2, -0.15) is 0 Å². The Hall–Kier alpha value is -2.25. The zero-order valence-electron chi connectivity index (χ0n) is 15.3. The van der Waals surface area contributed by atoms with Crippen LogP contribution in [0.1, 0.15) is 32.6 Å². The number of hydrogen-bond donors (Lipinski definition) is 0. The van der Waals surface area contributed by atoms with Crippen LogP contribution < -0.4 is 0 Å². The van der Waals surface area contributed by atoms with E-state index in [-0.39, 0.29) is 24.4 Å². The molecule has 1 aliphatic carbocycles. The van der Waals surface area contributed by atoms with E-state index in [0.717, 1.165) is 36.5 Å². The Bertz CT molecular complexity index is 663. The van der Waals surface area contributed by atoms with E-state index in [9.17, 15) is 14.4 Å². The van der Waals surface area contributed by atoms with Crippen molar-refractivity contribution in [2.24, 2.45) is 10.9 Å². The normalized spacial score (nSPS) is 29.4. The maximum absolute atomic E-state index is 12.7. The van der Waals surface area contributed by atoms with Gasteiger partial charge in [0.2, 0.25) is 0 Å². The summed E-state index contributed by atoms with van der Waals surface area (Å²) in [5.74, 6) is 0.737. The lowest BCUT2D eigenvalue weighted by atomic mass is 9.87. The minimum atomic E-state index is -0.698. The van der Waals surface area contributed by atoms with Crippen LogP contribution in [0.5, 0.6) is 0 Å². The SMILES string of the molecule is CC1CCC(N(C)C(=O)C[N+]2=CN=C3C2C(=O)N(C)C(=O)N3C)CC1. The lowest BCUT2D eigenvalue weighted by Crippen LogP contribution is -2.62. The van der Waals surface area contributed by atoms with E-state index in [2.05, 4.69) is 11.9 Å². The van der Waals surface area contributed by atoms with Crippen molar-refractivity contribution in [1.82, 2.24) is 14.7 Å². The first-order chi connectivity index (χ1) is 11.8.